The highest BCUT2D eigenvalue weighted by Crippen LogP contribution is 2.32. The Morgan fingerprint density at radius 3 is 2.56 bits per heavy atom. The molecular weight excluding hydrogens is 362 g/mol. The van der Waals surface area contributed by atoms with E-state index >= 15 is 0 Å². The van der Waals surface area contributed by atoms with Crippen LogP contribution < -0.4 is 4.90 Å². The lowest BCUT2D eigenvalue weighted by molar-refractivity contribution is -0.149. The van der Waals surface area contributed by atoms with Gasteiger partial charge in [0.1, 0.15) is 0 Å². The summed E-state index contributed by atoms with van der Waals surface area (Å²) in [6, 6.07) is 8.05. The predicted octanol–water partition coefficient (Wildman–Crippen LogP) is 3.00. The quantitative estimate of drug-likeness (QED) is 0.585. The fourth-order valence-electron chi connectivity index (χ4n) is 3.12. The van der Waals surface area contributed by atoms with Gasteiger partial charge in [0.2, 0.25) is 0 Å². The van der Waals surface area contributed by atoms with E-state index in [0.717, 1.165) is 29.3 Å². The smallest absolute Gasteiger partial charge is 0.309 e. The zero-order chi connectivity index (χ0) is 19.4. The van der Waals surface area contributed by atoms with Gasteiger partial charge in [0.15, 0.2) is 5.17 Å². The zero-order valence-electron chi connectivity index (χ0n) is 16.0. The number of nitrogens with zero attached hydrogens (tertiary/aromatic N) is 3. The lowest BCUT2D eigenvalue weighted by Gasteiger charge is -2.31. The van der Waals surface area contributed by atoms with E-state index in [4.69, 9.17) is 4.74 Å². The molecule has 144 valence electrons. The van der Waals surface area contributed by atoms with E-state index in [2.05, 4.69) is 9.89 Å². The Balaban J connectivity index is 1.60. The SMILES string of the molecule is CCOC(=O)C1CCN(C2=NC(=O)/C(=C\c3ccc(N(C)C)cc3)S2)CC1. The zero-order valence-corrected chi connectivity index (χ0v) is 16.8. The van der Waals surface area contributed by atoms with Crippen LogP contribution in [0.2, 0.25) is 0 Å². The van der Waals surface area contributed by atoms with Crippen molar-refractivity contribution >= 4 is 40.6 Å². The molecule has 2 heterocycles. The van der Waals surface area contributed by atoms with Crippen molar-refractivity contribution in [2.75, 3.05) is 38.7 Å². The second-order valence-corrected chi connectivity index (χ2v) is 7.82. The summed E-state index contributed by atoms with van der Waals surface area (Å²) in [5.41, 5.74) is 2.10. The summed E-state index contributed by atoms with van der Waals surface area (Å²) in [6.07, 6.45) is 3.35. The van der Waals surface area contributed by atoms with Crippen molar-refractivity contribution in [3.63, 3.8) is 0 Å². The molecule has 0 aliphatic carbocycles. The number of rotatable bonds is 4. The van der Waals surface area contributed by atoms with Gasteiger partial charge in [-0.05, 0) is 55.3 Å². The molecule has 0 atom stereocenters. The normalized spacial score (nSPS) is 19.4. The Kier molecular flexibility index (Phi) is 6.21. The number of hydrogen-bond donors (Lipinski definition) is 0. The molecule has 0 saturated carbocycles. The number of amidine groups is 1. The molecule has 6 nitrogen and oxygen atoms in total. The van der Waals surface area contributed by atoms with Crippen molar-refractivity contribution < 1.29 is 14.3 Å². The molecule has 7 heteroatoms. The van der Waals surface area contributed by atoms with Crippen molar-refractivity contribution in [1.82, 2.24) is 4.90 Å². The van der Waals surface area contributed by atoms with Gasteiger partial charge in [0.25, 0.3) is 5.91 Å². The van der Waals surface area contributed by atoms with E-state index < -0.39 is 0 Å². The first-order valence-corrected chi connectivity index (χ1v) is 10.0. The average Bonchev–Trinajstić information content (AvgIpc) is 3.03. The van der Waals surface area contributed by atoms with Crippen LogP contribution in [0.5, 0.6) is 0 Å². The maximum absolute atomic E-state index is 12.3. The molecule has 0 unspecified atom stereocenters. The summed E-state index contributed by atoms with van der Waals surface area (Å²) in [6.45, 7) is 3.67. The molecule has 1 saturated heterocycles. The van der Waals surface area contributed by atoms with E-state index in [1.807, 2.05) is 56.3 Å². The van der Waals surface area contributed by atoms with Gasteiger partial charge in [0.05, 0.1) is 17.4 Å². The van der Waals surface area contributed by atoms with Crippen LogP contribution in [0, 0.1) is 5.92 Å². The molecule has 2 aliphatic heterocycles. The molecule has 0 bridgehead atoms. The number of hydrogen-bond acceptors (Lipinski definition) is 6. The molecule has 27 heavy (non-hydrogen) atoms. The van der Waals surface area contributed by atoms with E-state index in [-0.39, 0.29) is 17.8 Å². The van der Waals surface area contributed by atoms with Crippen molar-refractivity contribution in [2.45, 2.75) is 19.8 Å². The van der Waals surface area contributed by atoms with Crippen molar-refractivity contribution in [2.24, 2.45) is 10.9 Å². The first-order valence-electron chi connectivity index (χ1n) is 9.19. The van der Waals surface area contributed by atoms with Crippen LogP contribution in [0.1, 0.15) is 25.3 Å². The monoisotopic (exact) mass is 387 g/mol. The Morgan fingerprint density at radius 1 is 1.30 bits per heavy atom. The predicted molar refractivity (Wildman–Crippen MR) is 110 cm³/mol. The van der Waals surface area contributed by atoms with Crippen LogP contribution in [0.3, 0.4) is 0 Å². The van der Waals surface area contributed by atoms with Crippen LogP contribution in [-0.4, -0.2) is 55.7 Å². The summed E-state index contributed by atoms with van der Waals surface area (Å²) in [4.78, 5) is 33.1. The Labute approximate surface area is 164 Å². The largest absolute Gasteiger partial charge is 0.466 e. The summed E-state index contributed by atoms with van der Waals surface area (Å²) in [7, 11) is 3.99. The van der Waals surface area contributed by atoms with Crippen LogP contribution in [0.15, 0.2) is 34.2 Å². The molecule has 0 aromatic heterocycles. The number of anilines is 1. The fraction of sp³-hybridized carbons (Fsp3) is 0.450. The molecule has 1 amide bonds. The number of carbonyl (C=O) groups is 2. The minimum atomic E-state index is -0.195. The lowest BCUT2D eigenvalue weighted by atomic mass is 9.97. The van der Waals surface area contributed by atoms with Crippen LogP contribution in [-0.2, 0) is 14.3 Å². The van der Waals surface area contributed by atoms with Crippen molar-refractivity contribution in [3.05, 3.63) is 34.7 Å². The van der Waals surface area contributed by atoms with Gasteiger partial charge in [-0.2, -0.15) is 4.99 Å². The van der Waals surface area contributed by atoms with E-state index in [0.29, 0.717) is 24.6 Å². The van der Waals surface area contributed by atoms with Crippen LogP contribution in [0.4, 0.5) is 5.69 Å². The van der Waals surface area contributed by atoms with E-state index in [1.165, 1.54) is 11.8 Å². The first-order chi connectivity index (χ1) is 13.0. The molecule has 0 N–H and O–H groups in total. The minimum absolute atomic E-state index is 0.0471. The highest BCUT2D eigenvalue weighted by atomic mass is 32.2. The highest BCUT2D eigenvalue weighted by Gasteiger charge is 2.31. The summed E-state index contributed by atoms with van der Waals surface area (Å²) in [5.74, 6) is -0.357. The van der Waals surface area contributed by atoms with Gasteiger partial charge in [-0.15, -0.1) is 0 Å². The average molecular weight is 388 g/mol. The number of benzene rings is 1. The molecule has 2 aliphatic rings. The number of amides is 1. The minimum Gasteiger partial charge on any atom is -0.466 e. The fourth-order valence-corrected chi connectivity index (χ4v) is 4.08. The molecule has 1 fully saturated rings. The van der Waals surface area contributed by atoms with Gasteiger partial charge in [-0.25, -0.2) is 0 Å². The number of esters is 1. The van der Waals surface area contributed by atoms with Gasteiger partial charge < -0.3 is 14.5 Å². The van der Waals surface area contributed by atoms with Gasteiger partial charge in [-0.3, -0.25) is 9.59 Å². The Morgan fingerprint density at radius 2 is 1.96 bits per heavy atom. The van der Waals surface area contributed by atoms with Crippen LogP contribution >= 0.6 is 11.8 Å². The third-order valence-corrected chi connectivity index (χ3v) is 5.75. The number of aliphatic imine (C=N–C) groups is 1. The number of likely N-dealkylation sites (tertiary alicyclic amines) is 1. The Hall–Kier alpha value is -2.28. The number of ether oxygens (including phenoxy) is 1. The van der Waals surface area contributed by atoms with Crippen molar-refractivity contribution in [3.8, 4) is 0 Å². The summed E-state index contributed by atoms with van der Waals surface area (Å²) in [5, 5.41) is 0.735. The maximum Gasteiger partial charge on any atom is 0.309 e. The van der Waals surface area contributed by atoms with E-state index in [1.54, 1.807) is 0 Å². The van der Waals surface area contributed by atoms with Gasteiger partial charge in [0, 0.05) is 32.9 Å². The van der Waals surface area contributed by atoms with Crippen LogP contribution in [0.25, 0.3) is 6.08 Å². The summed E-state index contributed by atoms with van der Waals surface area (Å²) < 4.78 is 5.11. The first kappa shape index (κ1) is 19.5. The molecule has 3 rings (SSSR count). The number of piperidine rings is 1. The molecular formula is C20H25N3O3S. The van der Waals surface area contributed by atoms with Crippen molar-refractivity contribution in [1.29, 1.82) is 0 Å². The van der Waals surface area contributed by atoms with Gasteiger partial charge >= 0.3 is 5.97 Å². The molecule has 1 aromatic rings. The van der Waals surface area contributed by atoms with E-state index in [9.17, 15) is 9.59 Å². The molecule has 0 radical (unpaired) electrons. The number of carbonyl (C=O) groups excluding carboxylic acids is 2. The number of thioether (sulfide) groups is 1. The molecule has 1 aromatic carbocycles. The Bertz CT molecular complexity index is 763. The second-order valence-electron chi connectivity index (χ2n) is 6.81. The standard InChI is InChI=1S/C20H25N3O3S/c1-4-26-19(25)15-9-11-23(12-10-15)20-21-18(24)17(27-20)13-14-5-7-16(8-6-14)22(2)3/h5-8,13,15H,4,9-12H2,1-3H3/b17-13+. The summed E-state index contributed by atoms with van der Waals surface area (Å²) >= 11 is 1.41. The molecule has 0 spiro atoms. The highest BCUT2D eigenvalue weighted by molar-refractivity contribution is 8.18. The van der Waals surface area contributed by atoms with Gasteiger partial charge in [-0.1, -0.05) is 12.1 Å². The maximum atomic E-state index is 12.3. The topological polar surface area (TPSA) is 62.2 Å². The second kappa shape index (κ2) is 8.61. The third-order valence-electron chi connectivity index (χ3n) is 4.70. The third kappa shape index (κ3) is 4.71. The lowest BCUT2D eigenvalue weighted by Crippen LogP contribution is -2.39.